The van der Waals surface area contributed by atoms with Gasteiger partial charge in [-0.3, -0.25) is 9.59 Å². The Labute approximate surface area is 149 Å². The molecule has 1 heterocycles. The lowest BCUT2D eigenvalue weighted by molar-refractivity contribution is -0.134. The predicted octanol–water partition coefficient (Wildman–Crippen LogP) is 2.15. The fourth-order valence-corrected chi connectivity index (χ4v) is 3.18. The number of nitrogens with zero attached hydrogens (tertiary/aromatic N) is 2. The van der Waals surface area contributed by atoms with E-state index in [-0.39, 0.29) is 29.6 Å². The Morgan fingerprint density at radius 2 is 2.00 bits per heavy atom. The molecule has 2 rings (SSSR count). The van der Waals surface area contributed by atoms with Crippen molar-refractivity contribution in [2.75, 3.05) is 19.6 Å². The van der Waals surface area contributed by atoms with Crippen molar-refractivity contribution in [2.24, 2.45) is 11.7 Å². The van der Waals surface area contributed by atoms with Gasteiger partial charge >= 0.3 is 0 Å². The molecule has 0 aromatic heterocycles. The highest BCUT2D eigenvalue weighted by Gasteiger charge is 2.33. The van der Waals surface area contributed by atoms with Crippen LogP contribution in [0.25, 0.3) is 0 Å². The van der Waals surface area contributed by atoms with Gasteiger partial charge in [0, 0.05) is 32.5 Å². The molecule has 1 unspecified atom stereocenters. The van der Waals surface area contributed by atoms with Crippen molar-refractivity contribution in [1.82, 2.24) is 9.80 Å². The van der Waals surface area contributed by atoms with Gasteiger partial charge in [0.2, 0.25) is 11.8 Å². The highest BCUT2D eigenvalue weighted by atomic mass is 19.1. The van der Waals surface area contributed by atoms with Crippen LogP contribution in [0.1, 0.15) is 38.7 Å². The van der Waals surface area contributed by atoms with E-state index < -0.39 is 0 Å². The summed E-state index contributed by atoms with van der Waals surface area (Å²) in [5, 5.41) is 0. The highest BCUT2D eigenvalue weighted by molar-refractivity contribution is 5.80. The molecule has 1 aliphatic rings. The fourth-order valence-electron chi connectivity index (χ4n) is 3.18. The van der Waals surface area contributed by atoms with E-state index in [1.807, 2.05) is 4.90 Å². The van der Waals surface area contributed by atoms with E-state index in [1.165, 1.54) is 12.1 Å². The molecule has 1 aliphatic heterocycles. The van der Waals surface area contributed by atoms with Crippen LogP contribution in [0.3, 0.4) is 0 Å². The lowest BCUT2D eigenvalue weighted by Crippen LogP contribution is -2.47. The number of hydrogen-bond acceptors (Lipinski definition) is 3. The zero-order valence-electron chi connectivity index (χ0n) is 15.1. The SMILES string of the molecule is CC(C)C1CN(C(=O)CCCN)CCC(=O)N1Cc1ccc(F)cc1. The summed E-state index contributed by atoms with van der Waals surface area (Å²) in [5.41, 5.74) is 6.39. The Balaban J connectivity index is 2.15. The zero-order valence-corrected chi connectivity index (χ0v) is 15.1. The summed E-state index contributed by atoms with van der Waals surface area (Å²) in [6.07, 6.45) is 1.40. The lowest BCUT2D eigenvalue weighted by Gasteiger charge is -2.34. The molecule has 1 atom stereocenters. The summed E-state index contributed by atoms with van der Waals surface area (Å²) in [6, 6.07) is 6.17. The molecule has 0 spiro atoms. The van der Waals surface area contributed by atoms with Crippen LogP contribution in [0.5, 0.6) is 0 Å². The lowest BCUT2D eigenvalue weighted by atomic mass is 10.0. The zero-order chi connectivity index (χ0) is 18.4. The molecule has 1 aromatic rings. The second-order valence-electron chi connectivity index (χ2n) is 6.94. The molecule has 0 bridgehead atoms. The first-order valence-electron chi connectivity index (χ1n) is 8.94. The molecule has 2 N–H and O–H groups in total. The maximum atomic E-state index is 13.1. The summed E-state index contributed by atoms with van der Waals surface area (Å²) >= 11 is 0. The summed E-state index contributed by atoms with van der Waals surface area (Å²) in [7, 11) is 0. The molecule has 138 valence electrons. The molecule has 1 aromatic carbocycles. The molecule has 2 amide bonds. The minimum Gasteiger partial charge on any atom is -0.340 e. The van der Waals surface area contributed by atoms with Gasteiger partial charge in [0.25, 0.3) is 0 Å². The quantitative estimate of drug-likeness (QED) is 0.856. The molecule has 0 aliphatic carbocycles. The first kappa shape index (κ1) is 19.4. The van der Waals surface area contributed by atoms with Gasteiger partial charge < -0.3 is 15.5 Å². The molecule has 1 saturated heterocycles. The molecular formula is C19H28FN3O2. The van der Waals surface area contributed by atoms with Crippen LogP contribution in [0.4, 0.5) is 4.39 Å². The largest absolute Gasteiger partial charge is 0.340 e. The van der Waals surface area contributed by atoms with E-state index in [0.717, 1.165) is 5.56 Å². The molecule has 0 radical (unpaired) electrons. The van der Waals surface area contributed by atoms with E-state index in [4.69, 9.17) is 5.73 Å². The van der Waals surface area contributed by atoms with E-state index in [2.05, 4.69) is 13.8 Å². The fraction of sp³-hybridized carbons (Fsp3) is 0.579. The van der Waals surface area contributed by atoms with Crippen LogP contribution >= 0.6 is 0 Å². The number of halogens is 1. The number of carbonyl (C=O) groups excluding carboxylic acids is 2. The van der Waals surface area contributed by atoms with E-state index in [0.29, 0.717) is 45.4 Å². The number of nitrogens with two attached hydrogens (primary N) is 1. The third-order valence-corrected chi connectivity index (χ3v) is 4.71. The maximum Gasteiger partial charge on any atom is 0.224 e. The van der Waals surface area contributed by atoms with Crippen LogP contribution < -0.4 is 5.73 Å². The average molecular weight is 349 g/mol. The Bertz CT molecular complexity index is 589. The van der Waals surface area contributed by atoms with Crippen molar-refractivity contribution >= 4 is 11.8 Å². The molecule has 6 heteroatoms. The van der Waals surface area contributed by atoms with Crippen molar-refractivity contribution in [3.8, 4) is 0 Å². The summed E-state index contributed by atoms with van der Waals surface area (Å²) in [6.45, 7) is 6.03. The molecular weight excluding hydrogens is 321 g/mol. The maximum absolute atomic E-state index is 13.1. The van der Waals surface area contributed by atoms with Gasteiger partial charge in [0.1, 0.15) is 5.82 Å². The number of hydrogen-bond donors (Lipinski definition) is 1. The Hall–Kier alpha value is -1.95. The van der Waals surface area contributed by atoms with E-state index >= 15 is 0 Å². The number of carbonyl (C=O) groups is 2. The van der Waals surface area contributed by atoms with Gasteiger partial charge in [-0.05, 0) is 36.6 Å². The minimum atomic E-state index is -0.289. The van der Waals surface area contributed by atoms with Crippen molar-refractivity contribution in [2.45, 2.75) is 45.7 Å². The van der Waals surface area contributed by atoms with E-state index in [1.54, 1.807) is 17.0 Å². The third-order valence-electron chi connectivity index (χ3n) is 4.71. The topological polar surface area (TPSA) is 66.6 Å². The number of amides is 2. The first-order chi connectivity index (χ1) is 11.9. The Morgan fingerprint density at radius 3 is 2.60 bits per heavy atom. The van der Waals surface area contributed by atoms with Gasteiger partial charge in [0.05, 0.1) is 6.04 Å². The van der Waals surface area contributed by atoms with Crippen molar-refractivity contribution in [1.29, 1.82) is 0 Å². The van der Waals surface area contributed by atoms with E-state index in [9.17, 15) is 14.0 Å². The van der Waals surface area contributed by atoms with Crippen LogP contribution in [0, 0.1) is 11.7 Å². The summed E-state index contributed by atoms with van der Waals surface area (Å²) in [4.78, 5) is 28.7. The van der Waals surface area contributed by atoms with Crippen molar-refractivity contribution in [3.63, 3.8) is 0 Å². The van der Waals surface area contributed by atoms with Gasteiger partial charge in [-0.25, -0.2) is 4.39 Å². The van der Waals surface area contributed by atoms with Crippen LogP contribution in [-0.4, -0.2) is 47.3 Å². The standard InChI is InChI=1S/C19H28FN3O2/c1-14(2)17-13-22(18(24)4-3-10-21)11-9-19(25)23(17)12-15-5-7-16(20)8-6-15/h5-8,14,17H,3-4,9-13,21H2,1-2H3. The minimum absolute atomic E-state index is 0.0390. The van der Waals surface area contributed by atoms with Crippen LogP contribution in [0.15, 0.2) is 24.3 Å². The van der Waals surface area contributed by atoms with Gasteiger partial charge in [-0.1, -0.05) is 26.0 Å². The Kier molecular flexibility index (Phi) is 6.93. The average Bonchev–Trinajstić information content (AvgIpc) is 2.75. The number of rotatable bonds is 6. The third kappa shape index (κ3) is 5.26. The smallest absolute Gasteiger partial charge is 0.224 e. The molecule has 1 fully saturated rings. The molecule has 25 heavy (non-hydrogen) atoms. The van der Waals surface area contributed by atoms with Crippen molar-refractivity contribution < 1.29 is 14.0 Å². The normalized spacial score (nSPS) is 18.6. The Morgan fingerprint density at radius 1 is 1.32 bits per heavy atom. The first-order valence-corrected chi connectivity index (χ1v) is 8.94. The predicted molar refractivity (Wildman–Crippen MR) is 95.1 cm³/mol. The van der Waals surface area contributed by atoms with Gasteiger partial charge in [-0.2, -0.15) is 0 Å². The summed E-state index contributed by atoms with van der Waals surface area (Å²) < 4.78 is 13.1. The van der Waals surface area contributed by atoms with Crippen LogP contribution in [-0.2, 0) is 16.1 Å². The number of benzene rings is 1. The van der Waals surface area contributed by atoms with Gasteiger partial charge in [-0.15, -0.1) is 0 Å². The van der Waals surface area contributed by atoms with Gasteiger partial charge in [0.15, 0.2) is 0 Å². The monoisotopic (exact) mass is 349 g/mol. The highest BCUT2D eigenvalue weighted by Crippen LogP contribution is 2.21. The molecule has 5 nitrogen and oxygen atoms in total. The second kappa shape index (κ2) is 8.94. The molecule has 0 saturated carbocycles. The second-order valence-corrected chi connectivity index (χ2v) is 6.94. The summed E-state index contributed by atoms with van der Waals surface area (Å²) in [5.74, 6) is 0.0278. The van der Waals surface area contributed by atoms with Crippen LogP contribution in [0.2, 0.25) is 0 Å². The van der Waals surface area contributed by atoms with Crippen molar-refractivity contribution in [3.05, 3.63) is 35.6 Å².